The van der Waals surface area contributed by atoms with Gasteiger partial charge in [-0.15, -0.1) is 0 Å². The Balaban J connectivity index is 2.21. The lowest BCUT2D eigenvalue weighted by Gasteiger charge is -2.06. The summed E-state index contributed by atoms with van der Waals surface area (Å²) in [4.78, 5) is 13.9. The second-order valence-electron chi connectivity index (χ2n) is 4.58. The first kappa shape index (κ1) is 12.3. The number of nitrogens with zero attached hydrogens (tertiary/aromatic N) is 1. The standard InChI is InChI=1S/C15H14N2O3/c1-17-12(10-6-7-11(16-10)15(18)19)8-9-4-3-5-13(20-2)14(9)17/h3-8,16H,1-2H3,(H,18,19). The Morgan fingerprint density at radius 1 is 1.30 bits per heavy atom. The highest BCUT2D eigenvalue weighted by Crippen LogP contribution is 2.32. The molecule has 5 nitrogen and oxygen atoms in total. The van der Waals surface area contributed by atoms with Crippen LogP contribution in [0.5, 0.6) is 5.75 Å². The van der Waals surface area contributed by atoms with Crippen molar-refractivity contribution in [3.8, 4) is 17.1 Å². The van der Waals surface area contributed by atoms with Crippen LogP contribution < -0.4 is 4.74 Å². The largest absolute Gasteiger partial charge is 0.495 e. The highest BCUT2D eigenvalue weighted by Gasteiger charge is 2.14. The number of ether oxygens (including phenoxy) is 1. The van der Waals surface area contributed by atoms with Crippen LogP contribution in [-0.4, -0.2) is 27.7 Å². The van der Waals surface area contributed by atoms with Gasteiger partial charge in [-0.25, -0.2) is 4.79 Å². The van der Waals surface area contributed by atoms with Gasteiger partial charge < -0.3 is 19.4 Å². The van der Waals surface area contributed by atoms with Crippen LogP contribution in [0.2, 0.25) is 0 Å². The van der Waals surface area contributed by atoms with Gasteiger partial charge in [0.05, 0.1) is 24.0 Å². The van der Waals surface area contributed by atoms with Gasteiger partial charge in [0.15, 0.2) is 0 Å². The molecule has 0 fully saturated rings. The molecule has 0 atom stereocenters. The Kier molecular flexibility index (Phi) is 2.75. The highest BCUT2D eigenvalue weighted by atomic mass is 16.5. The molecule has 3 aromatic rings. The molecule has 0 spiro atoms. The minimum absolute atomic E-state index is 0.178. The van der Waals surface area contributed by atoms with Crippen LogP contribution in [0.25, 0.3) is 22.3 Å². The molecular formula is C15H14N2O3. The molecule has 0 bridgehead atoms. The van der Waals surface area contributed by atoms with Gasteiger partial charge in [0, 0.05) is 12.4 Å². The Labute approximate surface area is 115 Å². The van der Waals surface area contributed by atoms with E-state index in [0.29, 0.717) is 0 Å². The minimum atomic E-state index is -0.965. The number of aromatic amines is 1. The monoisotopic (exact) mass is 270 g/mol. The van der Waals surface area contributed by atoms with Crippen LogP contribution in [0.15, 0.2) is 36.4 Å². The number of benzene rings is 1. The number of carboxylic acid groups (broad SMARTS) is 1. The first-order chi connectivity index (χ1) is 9.61. The molecule has 5 heteroatoms. The SMILES string of the molecule is COc1cccc2cc(-c3ccc(C(=O)O)[nH]3)n(C)c12. The summed E-state index contributed by atoms with van der Waals surface area (Å²) in [6.45, 7) is 0. The van der Waals surface area contributed by atoms with Crippen LogP contribution in [0.4, 0.5) is 0 Å². The van der Waals surface area contributed by atoms with Gasteiger partial charge in [0.25, 0.3) is 0 Å². The zero-order valence-corrected chi connectivity index (χ0v) is 11.2. The van der Waals surface area contributed by atoms with E-state index in [0.717, 1.165) is 28.0 Å². The summed E-state index contributed by atoms with van der Waals surface area (Å²) >= 11 is 0. The number of carbonyl (C=O) groups is 1. The van der Waals surface area contributed by atoms with Crippen molar-refractivity contribution < 1.29 is 14.6 Å². The summed E-state index contributed by atoms with van der Waals surface area (Å²) < 4.78 is 7.37. The lowest BCUT2D eigenvalue weighted by molar-refractivity contribution is 0.0691. The predicted molar refractivity (Wildman–Crippen MR) is 76.2 cm³/mol. The van der Waals surface area contributed by atoms with E-state index in [2.05, 4.69) is 4.98 Å². The fourth-order valence-electron chi connectivity index (χ4n) is 2.47. The first-order valence-electron chi connectivity index (χ1n) is 6.17. The van der Waals surface area contributed by atoms with E-state index in [4.69, 9.17) is 9.84 Å². The van der Waals surface area contributed by atoms with Gasteiger partial charge in [0.1, 0.15) is 11.4 Å². The minimum Gasteiger partial charge on any atom is -0.495 e. The number of nitrogens with one attached hydrogen (secondary N) is 1. The molecule has 2 heterocycles. The summed E-state index contributed by atoms with van der Waals surface area (Å²) in [7, 11) is 3.57. The molecule has 2 aromatic heterocycles. The zero-order chi connectivity index (χ0) is 14.3. The topological polar surface area (TPSA) is 67.2 Å². The number of aromatic carboxylic acids is 1. The van der Waals surface area contributed by atoms with Crippen molar-refractivity contribution in [3.63, 3.8) is 0 Å². The van der Waals surface area contributed by atoms with Crippen molar-refractivity contribution in [2.75, 3.05) is 7.11 Å². The maximum absolute atomic E-state index is 10.9. The number of para-hydroxylation sites is 1. The molecule has 0 radical (unpaired) electrons. The van der Waals surface area contributed by atoms with Gasteiger partial charge in [0.2, 0.25) is 0 Å². The second kappa shape index (κ2) is 4.45. The van der Waals surface area contributed by atoms with Crippen LogP contribution in [0, 0.1) is 0 Å². The summed E-state index contributed by atoms with van der Waals surface area (Å²) in [6.07, 6.45) is 0. The number of hydrogen-bond acceptors (Lipinski definition) is 2. The van der Waals surface area contributed by atoms with Crippen molar-refractivity contribution in [1.82, 2.24) is 9.55 Å². The van der Waals surface area contributed by atoms with E-state index < -0.39 is 5.97 Å². The van der Waals surface area contributed by atoms with Gasteiger partial charge in [-0.05, 0) is 24.3 Å². The number of carboxylic acids is 1. The van der Waals surface area contributed by atoms with E-state index in [9.17, 15) is 4.79 Å². The fraction of sp³-hybridized carbons (Fsp3) is 0.133. The fourth-order valence-corrected chi connectivity index (χ4v) is 2.47. The summed E-state index contributed by atoms with van der Waals surface area (Å²) in [5.74, 6) is -0.172. The molecule has 0 unspecified atom stereocenters. The Morgan fingerprint density at radius 2 is 2.10 bits per heavy atom. The third-order valence-corrected chi connectivity index (χ3v) is 3.43. The number of methoxy groups -OCH3 is 1. The number of rotatable bonds is 3. The lowest BCUT2D eigenvalue weighted by Crippen LogP contribution is -1.97. The van der Waals surface area contributed by atoms with Gasteiger partial charge in [-0.1, -0.05) is 12.1 Å². The summed E-state index contributed by atoms with van der Waals surface area (Å²) in [5, 5.41) is 10.0. The molecule has 0 aliphatic carbocycles. The Hall–Kier alpha value is -2.69. The third-order valence-electron chi connectivity index (χ3n) is 3.43. The van der Waals surface area contributed by atoms with Gasteiger partial charge in [-0.3, -0.25) is 0 Å². The highest BCUT2D eigenvalue weighted by molar-refractivity contribution is 5.92. The maximum Gasteiger partial charge on any atom is 0.352 e. The molecule has 2 N–H and O–H groups in total. The number of hydrogen-bond donors (Lipinski definition) is 2. The maximum atomic E-state index is 10.9. The van der Waals surface area contributed by atoms with Crippen LogP contribution >= 0.6 is 0 Å². The van der Waals surface area contributed by atoms with Crippen molar-refractivity contribution in [2.24, 2.45) is 7.05 Å². The molecular weight excluding hydrogens is 256 g/mol. The van der Waals surface area contributed by atoms with Crippen LogP contribution in [0.1, 0.15) is 10.5 Å². The lowest BCUT2D eigenvalue weighted by atomic mass is 10.2. The van der Waals surface area contributed by atoms with E-state index in [1.165, 1.54) is 0 Å². The predicted octanol–water partition coefficient (Wildman–Crippen LogP) is 2.88. The second-order valence-corrected chi connectivity index (χ2v) is 4.58. The van der Waals surface area contributed by atoms with Gasteiger partial charge >= 0.3 is 5.97 Å². The van der Waals surface area contributed by atoms with Gasteiger partial charge in [-0.2, -0.15) is 0 Å². The molecule has 20 heavy (non-hydrogen) atoms. The van der Waals surface area contributed by atoms with E-state index >= 15 is 0 Å². The van der Waals surface area contributed by atoms with Crippen LogP contribution in [-0.2, 0) is 7.05 Å². The molecule has 3 rings (SSSR count). The van der Waals surface area contributed by atoms with E-state index in [1.54, 1.807) is 19.2 Å². The van der Waals surface area contributed by atoms with E-state index in [1.807, 2.05) is 35.9 Å². The van der Waals surface area contributed by atoms with E-state index in [-0.39, 0.29) is 5.69 Å². The van der Waals surface area contributed by atoms with Crippen LogP contribution in [0.3, 0.4) is 0 Å². The van der Waals surface area contributed by atoms with Crippen molar-refractivity contribution in [2.45, 2.75) is 0 Å². The summed E-state index contributed by atoms with van der Waals surface area (Å²) in [5.41, 5.74) is 2.84. The molecule has 0 aliphatic heterocycles. The molecule has 0 aliphatic rings. The summed E-state index contributed by atoms with van der Waals surface area (Å²) in [6, 6.07) is 11.2. The third kappa shape index (κ3) is 1.75. The molecule has 0 saturated heterocycles. The average Bonchev–Trinajstić information content (AvgIpc) is 3.03. The van der Waals surface area contributed by atoms with Crippen molar-refractivity contribution >= 4 is 16.9 Å². The molecule has 1 aromatic carbocycles. The smallest absolute Gasteiger partial charge is 0.352 e. The first-order valence-corrected chi connectivity index (χ1v) is 6.17. The normalized spacial score (nSPS) is 10.9. The van der Waals surface area contributed by atoms with Crippen molar-refractivity contribution in [3.05, 3.63) is 42.1 Å². The number of aromatic nitrogens is 2. The molecule has 0 saturated carbocycles. The number of H-pyrrole nitrogens is 1. The Bertz CT molecular complexity index is 799. The average molecular weight is 270 g/mol. The number of fused-ring (bicyclic) bond motifs is 1. The quantitative estimate of drug-likeness (QED) is 0.769. The number of aryl methyl sites for hydroxylation is 1. The Morgan fingerprint density at radius 3 is 2.75 bits per heavy atom. The van der Waals surface area contributed by atoms with Crippen molar-refractivity contribution in [1.29, 1.82) is 0 Å². The molecule has 102 valence electrons. The molecule has 0 amide bonds. The zero-order valence-electron chi connectivity index (χ0n) is 11.2.